The predicted molar refractivity (Wildman–Crippen MR) is 89.1 cm³/mol. The van der Waals surface area contributed by atoms with Gasteiger partial charge >= 0.3 is 5.69 Å². The predicted octanol–water partition coefficient (Wildman–Crippen LogP) is 4.48. The van der Waals surface area contributed by atoms with E-state index in [0.29, 0.717) is 5.02 Å². The van der Waals surface area contributed by atoms with Gasteiger partial charge in [-0.2, -0.15) is 0 Å². The highest BCUT2D eigenvalue weighted by Crippen LogP contribution is 2.27. The van der Waals surface area contributed by atoms with Crippen molar-refractivity contribution in [2.75, 3.05) is 0 Å². The van der Waals surface area contributed by atoms with E-state index in [0.717, 1.165) is 11.3 Å². The Morgan fingerprint density at radius 3 is 1.86 bits per heavy atom. The molecule has 21 heavy (non-hydrogen) atoms. The molecular formula is C17H23ClN2O. The SMILES string of the molecule is CC(C)(C)n1cc(-c2ccc(Cl)cc2)n(C(C)(C)C)c1=O. The highest BCUT2D eigenvalue weighted by molar-refractivity contribution is 6.30. The third-order valence-electron chi connectivity index (χ3n) is 3.42. The molecule has 0 amide bonds. The second-order valence-corrected chi connectivity index (χ2v) is 7.79. The maximum absolute atomic E-state index is 12.8. The normalized spacial score (nSPS) is 12.7. The van der Waals surface area contributed by atoms with Crippen molar-refractivity contribution >= 4 is 11.6 Å². The van der Waals surface area contributed by atoms with Crippen LogP contribution in [0.15, 0.2) is 35.3 Å². The number of hydrogen-bond donors (Lipinski definition) is 0. The molecule has 0 aliphatic carbocycles. The van der Waals surface area contributed by atoms with E-state index in [1.807, 2.05) is 76.6 Å². The summed E-state index contributed by atoms with van der Waals surface area (Å²) in [6.45, 7) is 12.2. The van der Waals surface area contributed by atoms with Crippen LogP contribution in [-0.4, -0.2) is 9.13 Å². The lowest BCUT2D eigenvalue weighted by atomic mass is 10.1. The van der Waals surface area contributed by atoms with E-state index in [1.54, 1.807) is 4.57 Å². The number of rotatable bonds is 1. The van der Waals surface area contributed by atoms with Gasteiger partial charge in [0.2, 0.25) is 0 Å². The van der Waals surface area contributed by atoms with E-state index in [4.69, 9.17) is 11.6 Å². The molecule has 0 aliphatic heterocycles. The van der Waals surface area contributed by atoms with Gasteiger partial charge in [-0.05, 0) is 59.2 Å². The fourth-order valence-corrected chi connectivity index (χ4v) is 2.53. The highest BCUT2D eigenvalue weighted by Gasteiger charge is 2.26. The molecule has 0 bridgehead atoms. The number of nitrogens with zero attached hydrogens (tertiary/aromatic N) is 2. The summed E-state index contributed by atoms with van der Waals surface area (Å²) in [4.78, 5) is 12.8. The van der Waals surface area contributed by atoms with Gasteiger partial charge in [-0.3, -0.25) is 9.13 Å². The van der Waals surface area contributed by atoms with Crippen LogP contribution in [0.2, 0.25) is 5.02 Å². The van der Waals surface area contributed by atoms with Crippen LogP contribution in [0.3, 0.4) is 0 Å². The monoisotopic (exact) mass is 306 g/mol. The van der Waals surface area contributed by atoms with Crippen LogP contribution >= 0.6 is 11.6 Å². The van der Waals surface area contributed by atoms with Crippen molar-refractivity contribution in [3.8, 4) is 11.3 Å². The summed E-state index contributed by atoms with van der Waals surface area (Å²) in [7, 11) is 0. The van der Waals surface area contributed by atoms with Crippen LogP contribution < -0.4 is 5.69 Å². The third-order valence-corrected chi connectivity index (χ3v) is 3.68. The summed E-state index contributed by atoms with van der Waals surface area (Å²) < 4.78 is 3.64. The molecule has 0 unspecified atom stereocenters. The fraction of sp³-hybridized carbons (Fsp3) is 0.471. The lowest BCUT2D eigenvalue weighted by molar-refractivity contribution is 0.343. The summed E-state index contributed by atoms with van der Waals surface area (Å²) in [5, 5.41) is 0.693. The summed E-state index contributed by atoms with van der Waals surface area (Å²) in [5.74, 6) is 0. The molecule has 3 nitrogen and oxygen atoms in total. The molecule has 1 heterocycles. The number of hydrogen-bond acceptors (Lipinski definition) is 1. The highest BCUT2D eigenvalue weighted by atomic mass is 35.5. The van der Waals surface area contributed by atoms with Crippen LogP contribution in [0.25, 0.3) is 11.3 Å². The summed E-state index contributed by atoms with van der Waals surface area (Å²) in [5.41, 5.74) is 1.38. The van der Waals surface area contributed by atoms with Gasteiger partial charge in [0.25, 0.3) is 0 Å². The lowest BCUT2D eigenvalue weighted by Gasteiger charge is -2.23. The maximum Gasteiger partial charge on any atom is 0.329 e. The number of aromatic nitrogens is 2. The maximum atomic E-state index is 12.8. The molecule has 0 spiro atoms. The van der Waals surface area contributed by atoms with Gasteiger partial charge in [0.1, 0.15) is 0 Å². The smallest absolute Gasteiger partial charge is 0.293 e. The second-order valence-electron chi connectivity index (χ2n) is 7.35. The Kier molecular flexibility index (Phi) is 3.83. The zero-order valence-corrected chi connectivity index (χ0v) is 14.3. The number of imidazole rings is 1. The van der Waals surface area contributed by atoms with E-state index >= 15 is 0 Å². The van der Waals surface area contributed by atoms with Gasteiger partial charge in [-0.1, -0.05) is 23.7 Å². The quantitative estimate of drug-likeness (QED) is 0.763. The second kappa shape index (κ2) is 5.06. The Morgan fingerprint density at radius 1 is 0.905 bits per heavy atom. The molecule has 0 saturated carbocycles. The van der Waals surface area contributed by atoms with Gasteiger partial charge in [-0.15, -0.1) is 0 Å². The molecule has 0 N–H and O–H groups in total. The Bertz CT molecular complexity index is 694. The topological polar surface area (TPSA) is 26.9 Å². The molecule has 0 aliphatic rings. The molecule has 2 aromatic rings. The van der Waals surface area contributed by atoms with Crippen molar-refractivity contribution in [1.82, 2.24) is 9.13 Å². The number of benzene rings is 1. The molecule has 4 heteroatoms. The molecule has 0 atom stereocenters. The van der Waals surface area contributed by atoms with Crippen LogP contribution in [0.1, 0.15) is 41.5 Å². The Morgan fingerprint density at radius 2 is 1.43 bits per heavy atom. The zero-order valence-electron chi connectivity index (χ0n) is 13.6. The minimum atomic E-state index is -0.289. The zero-order chi connectivity index (χ0) is 16.0. The Labute approximate surface area is 131 Å². The van der Waals surface area contributed by atoms with Gasteiger partial charge < -0.3 is 0 Å². The molecule has 0 fully saturated rings. The standard InChI is InChI=1S/C17H23ClN2O/c1-16(2,3)19-11-14(12-7-9-13(18)10-8-12)20(15(19)21)17(4,5)6/h7-11H,1-6H3. The lowest BCUT2D eigenvalue weighted by Crippen LogP contribution is -2.39. The van der Waals surface area contributed by atoms with Gasteiger partial charge in [-0.25, -0.2) is 4.79 Å². The van der Waals surface area contributed by atoms with E-state index in [2.05, 4.69) is 0 Å². The van der Waals surface area contributed by atoms with Gasteiger partial charge in [0.05, 0.1) is 5.69 Å². The summed E-state index contributed by atoms with van der Waals surface area (Å²) in [6.07, 6.45) is 1.94. The molecule has 1 aromatic heterocycles. The molecule has 0 saturated heterocycles. The van der Waals surface area contributed by atoms with Crippen molar-refractivity contribution < 1.29 is 0 Å². The fourth-order valence-electron chi connectivity index (χ4n) is 2.40. The first-order valence-electron chi connectivity index (χ1n) is 7.13. The average Bonchev–Trinajstić information content (AvgIpc) is 2.67. The van der Waals surface area contributed by atoms with Crippen LogP contribution in [0.5, 0.6) is 0 Å². The van der Waals surface area contributed by atoms with E-state index < -0.39 is 0 Å². The minimum Gasteiger partial charge on any atom is -0.293 e. The van der Waals surface area contributed by atoms with Crippen molar-refractivity contribution in [3.63, 3.8) is 0 Å². The molecule has 0 radical (unpaired) electrons. The third kappa shape index (κ3) is 3.08. The molecule has 114 valence electrons. The van der Waals surface area contributed by atoms with Crippen LogP contribution in [0, 0.1) is 0 Å². The molecule has 1 aromatic carbocycles. The summed E-state index contributed by atoms with van der Waals surface area (Å²) >= 11 is 5.96. The number of halogens is 1. The Hall–Kier alpha value is -1.48. The average molecular weight is 307 g/mol. The summed E-state index contributed by atoms with van der Waals surface area (Å²) in [6, 6.07) is 7.60. The van der Waals surface area contributed by atoms with E-state index in [-0.39, 0.29) is 16.8 Å². The largest absolute Gasteiger partial charge is 0.329 e. The molecular weight excluding hydrogens is 284 g/mol. The van der Waals surface area contributed by atoms with Crippen molar-refractivity contribution in [1.29, 1.82) is 0 Å². The first-order valence-corrected chi connectivity index (χ1v) is 7.51. The van der Waals surface area contributed by atoms with Crippen LogP contribution in [-0.2, 0) is 11.1 Å². The first kappa shape index (κ1) is 15.9. The Balaban J connectivity index is 2.76. The van der Waals surface area contributed by atoms with E-state index in [1.165, 1.54) is 0 Å². The minimum absolute atomic E-state index is 0.0138. The van der Waals surface area contributed by atoms with Crippen LogP contribution in [0.4, 0.5) is 0 Å². The van der Waals surface area contributed by atoms with Crippen molar-refractivity contribution in [2.24, 2.45) is 0 Å². The van der Waals surface area contributed by atoms with Gasteiger partial charge in [0, 0.05) is 22.3 Å². The van der Waals surface area contributed by atoms with Crippen molar-refractivity contribution in [3.05, 3.63) is 46.0 Å². The van der Waals surface area contributed by atoms with Gasteiger partial charge in [0.15, 0.2) is 0 Å². The first-order chi connectivity index (χ1) is 9.51. The molecule has 2 rings (SSSR count). The van der Waals surface area contributed by atoms with E-state index in [9.17, 15) is 4.79 Å². The van der Waals surface area contributed by atoms with Crippen molar-refractivity contribution in [2.45, 2.75) is 52.6 Å².